The molecule has 0 spiro atoms. The summed E-state index contributed by atoms with van der Waals surface area (Å²) in [6.07, 6.45) is -5.14. The van der Waals surface area contributed by atoms with Gasteiger partial charge in [0.1, 0.15) is 18.3 Å². The second-order valence-electron chi connectivity index (χ2n) is 11.0. The Kier molecular flexibility index (Phi) is 8.58. The lowest BCUT2D eigenvalue weighted by Crippen LogP contribution is -2.74. The van der Waals surface area contributed by atoms with E-state index in [0.29, 0.717) is 5.57 Å². The van der Waals surface area contributed by atoms with Crippen LogP contribution in [-0.4, -0.2) is 86.8 Å². The van der Waals surface area contributed by atoms with Gasteiger partial charge in [0.25, 0.3) is 0 Å². The number of carbonyl (C=O) groups is 4. The van der Waals surface area contributed by atoms with E-state index in [1.165, 1.54) is 33.8 Å². The van der Waals surface area contributed by atoms with Gasteiger partial charge in [0.2, 0.25) is 0 Å². The quantitative estimate of drug-likeness (QED) is 0.195. The van der Waals surface area contributed by atoms with Crippen molar-refractivity contribution in [3.63, 3.8) is 0 Å². The molecule has 214 valence electrons. The Labute approximate surface area is 226 Å². The predicted octanol–water partition coefficient (Wildman–Crippen LogP) is 1.17. The number of carbonyl (C=O) groups excluding carboxylic acids is 4. The van der Waals surface area contributed by atoms with Gasteiger partial charge in [0.05, 0.1) is 23.0 Å². The molecule has 2 fully saturated rings. The monoisotopic (exact) mass is 560 g/mol. The predicted molar refractivity (Wildman–Crippen MR) is 132 cm³/mol. The van der Waals surface area contributed by atoms with E-state index >= 15 is 0 Å². The van der Waals surface area contributed by atoms with E-state index in [-0.39, 0.29) is 25.1 Å². The highest BCUT2D eigenvalue weighted by Crippen LogP contribution is 2.57. The van der Waals surface area contributed by atoms with Crippen molar-refractivity contribution in [2.24, 2.45) is 17.3 Å². The van der Waals surface area contributed by atoms with Gasteiger partial charge in [0.15, 0.2) is 11.7 Å². The Bertz CT molecular complexity index is 1010. The second-order valence-corrected chi connectivity index (χ2v) is 11.3. The van der Waals surface area contributed by atoms with Gasteiger partial charge in [0, 0.05) is 39.0 Å². The number of fused-ring (bicyclic) bond motifs is 2. The van der Waals surface area contributed by atoms with Crippen molar-refractivity contribution in [3.8, 4) is 0 Å². The van der Waals surface area contributed by atoms with Crippen molar-refractivity contribution < 1.29 is 53.4 Å². The van der Waals surface area contributed by atoms with Crippen LogP contribution in [0.25, 0.3) is 0 Å². The van der Waals surface area contributed by atoms with Gasteiger partial charge in [-0.05, 0) is 32.8 Å². The number of hydrogen-bond donors (Lipinski definition) is 3. The van der Waals surface area contributed by atoms with Crippen LogP contribution in [0.1, 0.15) is 60.8 Å². The molecule has 1 saturated heterocycles. The molecule has 10 atom stereocenters. The summed E-state index contributed by atoms with van der Waals surface area (Å²) in [7, 11) is 0. The van der Waals surface area contributed by atoms with Gasteiger partial charge in [-0.25, -0.2) is 0 Å². The van der Waals surface area contributed by atoms with Crippen LogP contribution in [0.4, 0.5) is 0 Å². The molecule has 3 rings (SSSR count). The van der Waals surface area contributed by atoms with E-state index in [1.807, 2.05) is 0 Å². The molecule has 12 heteroatoms. The molecule has 2 aliphatic carbocycles. The van der Waals surface area contributed by atoms with Gasteiger partial charge in [-0.3, -0.25) is 19.2 Å². The molecule has 0 amide bonds. The zero-order valence-corrected chi connectivity index (χ0v) is 23.2. The zero-order chi connectivity index (χ0) is 28.8. The molecule has 0 bridgehead atoms. The van der Waals surface area contributed by atoms with E-state index in [1.54, 1.807) is 6.92 Å². The summed E-state index contributed by atoms with van der Waals surface area (Å²) < 4.78 is 22.6. The van der Waals surface area contributed by atoms with Crippen molar-refractivity contribution in [1.82, 2.24) is 0 Å². The van der Waals surface area contributed by atoms with E-state index in [0.717, 1.165) is 6.92 Å². The largest absolute Gasteiger partial charge is 0.462 e. The topological polar surface area (TPSA) is 166 Å². The minimum Gasteiger partial charge on any atom is -0.462 e. The number of hydrogen-bond acceptors (Lipinski definition) is 11. The molecule has 0 aromatic carbocycles. The third-order valence-electron chi connectivity index (χ3n) is 8.50. The average Bonchev–Trinajstić information content (AvgIpc) is 3.01. The highest BCUT2D eigenvalue weighted by Gasteiger charge is 2.72. The molecular weight excluding hydrogens is 524 g/mol. The first kappa shape index (κ1) is 30.3. The molecule has 0 aromatic heterocycles. The van der Waals surface area contributed by atoms with Crippen LogP contribution in [0.3, 0.4) is 0 Å². The number of aliphatic hydroxyl groups excluding tert-OH is 1. The Hall–Kier alpha value is -2.21. The highest BCUT2D eigenvalue weighted by atomic mass is 35.5. The third kappa shape index (κ3) is 5.05. The van der Waals surface area contributed by atoms with E-state index in [4.69, 9.17) is 30.5 Å². The Balaban J connectivity index is 2.43. The summed E-state index contributed by atoms with van der Waals surface area (Å²) >= 11 is 6.19. The van der Waals surface area contributed by atoms with Gasteiger partial charge >= 0.3 is 23.9 Å². The normalized spacial score (nSPS) is 44.4. The van der Waals surface area contributed by atoms with Crippen molar-refractivity contribution in [1.29, 1.82) is 0 Å². The minimum atomic E-state index is -2.24. The SMILES string of the molecule is CC(=O)O[C@H]1CC/C(CCl)=C\[C@@H]2OC(=O)[C@H](C)[C@@]2(O)[C@@H](OC(C)=O)[C@H]2[C@](C)(O)[C@H](O)C[C@H](OC(C)=O)[C@]12C. The summed E-state index contributed by atoms with van der Waals surface area (Å²) in [6, 6.07) is 0. The summed E-state index contributed by atoms with van der Waals surface area (Å²) in [6.45, 7) is 7.76. The number of ether oxygens (including phenoxy) is 4. The summed E-state index contributed by atoms with van der Waals surface area (Å²) in [4.78, 5) is 49.8. The number of rotatable bonds is 4. The first-order valence-corrected chi connectivity index (χ1v) is 13.1. The fourth-order valence-electron chi connectivity index (χ4n) is 6.51. The van der Waals surface area contributed by atoms with E-state index < -0.39 is 82.8 Å². The molecule has 0 aromatic rings. The lowest BCUT2D eigenvalue weighted by atomic mass is 9.51. The Morgan fingerprint density at radius 3 is 2.13 bits per heavy atom. The molecule has 3 N–H and O–H groups in total. The maximum Gasteiger partial charge on any atom is 0.312 e. The fraction of sp³-hybridized carbons (Fsp3) is 0.769. The molecule has 3 aliphatic rings. The Morgan fingerprint density at radius 2 is 1.61 bits per heavy atom. The van der Waals surface area contributed by atoms with Crippen LogP contribution in [0.2, 0.25) is 0 Å². The number of aliphatic hydroxyl groups is 3. The molecule has 0 radical (unpaired) electrons. The maximum absolute atomic E-state index is 12.8. The zero-order valence-electron chi connectivity index (χ0n) is 22.4. The molecular formula is C26H37ClO11. The first-order chi connectivity index (χ1) is 17.5. The van der Waals surface area contributed by atoms with Crippen molar-refractivity contribution in [2.45, 2.75) is 103 Å². The van der Waals surface area contributed by atoms with Crippen LogP contribution in [0.5, 0.6) is 0 Å². The second kappa shape index (κ2) is 10.7. The van der Waals surface area contributed by atoms with Crippen LogP contribution in [-0.2, 0) is 38.1 Å². The molecule has 1 aliphatic heterocycles. The lowest BCUT2D eigenvalue weighted by Gasteiger charge is -2.60. The van der Waals surface area contributed by atoms with Crippen LogP contribution >= 0.6 is 11.6 Å². The average molecular weight is 561 g/mol. The van der Waals surface area contributed by atoms with Gasteiger partial charge in [-0.2, -0.15) is 0 Å². The summed E-state index contributed by atoms with van der Waals surface area (Å²) in [5.74, 6) is -5.66. The van der Waals surface area contributed by atoms with E-state index in [9.17, 15) is 34.5 Å². The Morgan fingerprint density at radius 1 is 1.05 bits per heavy atom. The number of esters is 4. The minimum absolute atomic E-state index is 0.00647. The fourth-order valence-corrected chi connectivity index (χ4v) is 6.73. The van der Waals surface area contributed by atoms with Crippen molar-refractivity contribution in [3.05, 3.63) is 11.6 Å². The van der Waals surface area contributed by atoms with Crippen molar-refractivity contribution >= 4 is 35.5 Å². The van der Waals surface area contributed by atoms with Gasteiger partial charge < -0.3 is 34.3 Å². The number of allylic oxidation sites excluding steroid dienone is 1. The number of alkyl halides is 1. The molecule has 1 heterocycles. The smallest absolute Gasteiger partial charge is 0.312 e. The standard InChI is InChI=1S/C26H37ClO11/c1-12-23(32)38-20-9-16(11-27)7-8-18(35-13(2)28)24(5)19(36-14(3)29)10-17(31)25(6,33)21(24)22(26(12,20)34)37-15(4)30/h9,12,17-22,31,33-34H,7-8,10-11H2,1-6H3/b16-9+/t12-,17+,18-,19-,20-,21+,22-,24-,25+,26-/m0/s1. The van der Waals surface area contributed by atoms with Gasteiger partial charge in [-0.1, -0.05) is 12.5 Å². The number of halogens is 1. The molecule has 38 heavy (non-hydrogen) atoms. The van der Waals surface area contributed by atoms with Gasteiger partial charge in [-0.15, -0.1) is 11.6 Å². The summed E-state index contributed by atoms with van der Waals surface area (Å²) in [5, 5.41) is 35.2. The van der Waals surface area contributed by atoms with Crippen LogP contribution in [0.15, 0.2) is 11.6 Å². The molecule has 11 nitrogen and oxygen atoms in total. The van der Waals surface area contributed by atoms with Crippen LogP contribution < -0.4 is 0 Å². The summed E-state index contributed by atoms with van der Waals surface area (Å²) in [5.41, 5.74) is -5.32. The highest BCUT2D eigenvalue weighted by molar-refractivity contribution is 6.19. The molecule has 1 saturated carbocycles. The molecule has 0 unspecified atom stereocenters. The van der Waals surface area contributed by atoms with Crippen LogP contribution in [0, 0.1) is 17.3 Å². The van der Waals surface area contributed by atoms with E-state index in [2.05, 4.69) is 0 Å². The lowest BCUT2D eigenvalue weighted by molar-refractivity contribution is -0.289. The third-order valence-corrected chi connectivity index (χ3v) is 8.84. The van der Waals surface area contributed by atoms with Crippen molar-refractivity contribution in [2.75, 3.05) is 5.88 Å². The maximum atomic E-state index is 12.8. The first-order valence-electron chi connectivity index (χ1n) is 12.6.